The van der Waals surface area contributed by atoms with E-state index in [1.165, 1.54) is 0 Å². The van der Waals surface area contributed by atoms with E-state index < -0.39 is 6.04 Å². The van der Waals surface area contributed by atoms with Gasteiger partial charge in [0.2, 0.25) is 5.91 Å². The molecule has 1 heterocycles. The van der Waals surface area contributed by atoms with Crippen LogP contribution in [0.2, 0.25) is 0 Å². The van der Waals surface area contributed by atoms with Gasteiger partial charge in [-0.2, -0.15) is 16.9 Å². The van der Waals surface area contributed by atoms with E-state index >= 15 is 0 Å². The quantitative estimate of drug-likeness (QED) is 0.538. The van der Waals surface area contributed by atoms with Crippen molar-refractivity contribution in [3.63, 3.8) is 0 Å². The van der Waals surface area contributed by atoms with Gasteiger partial charge in [0, 0.05) is 18.8 Å². The van der Waals surface area contributed by atoms with E-state index in [4.69, 9.17) is 4.74 Å². The summed E-state index contributed by atoms with van der Waals surface area (Å²) in [6, 6.07) is 10.6. The highest BCUT2D eigenvalue weighted by molar-refractivity contribution is 7.98. The summed E-state index contributed by atoms with van der Waals surface area (Å²) in [6.45, 7) is 7.19. The Morgan fingerprint density at radius 1 is 1.23 bits per heavy atom. The molecule has 2 unspecified atom stereocenters. The lowest BCUT2D eigenvalue weighted by Gasteiger charge is -2.20. The number of aromatic nitrogens is 2. The lowest BCUT2D eigenvalue weighted by molar-refractivity contribution is -0.130. The molecule has 0 saturated heterocycles. The van der Waals surface area contributed by atoms with Gasteiger partial charge in [-0.1, -0.05) is 25.1 Å². The standard InChI is InChI=1S/C22H32N4O3S/c1-16(14-26-18(3)12-17(2)25-26)13-23-22(28)20(10-11-30-4)24-21(27)15-29-19-8-6-5-7-9-19/h5-9,12,16,20H,10-11,13-15H2,1-4H3,(H,23,28)(H,24,27). The van der Waals surface area contributed by atoms with Crippen LogP contribution in [-0.2, 0) is 16.1 Å². The molecule has 0 fully saturated rings. The van der Waals surface area contributed by atoms with E-state index in [1.54, 1.807) is 23.9 Å². The highest BCUT2D eigenvalue weighted by Crippen LogP contribution is 2.09. The van der Waals surface area contributed by atoms with E-state index in [0.29, 0.717) is 18.7 Å². The first kappa shape index (κ1) is 23.8. The number of nitrogens with one attached hydrogen (secondary N) is 2. The summed E-state index contributed by atoms with van der Waals surface area (Å²) in [6.07, 6.45) is 2.54. The molecule has 0 bridgehead atoms. The van der Waals surface area contributed by atoms with Crippen molar-refractivity contribution in [2.75, 3.05) is 25.2 Å². The van der Waals surface area contributed by atoms with Gasteiger partial charge >= 0.3 is 0 Å². The maximum Gasteiger partial charge on any atom is 0.258 e. The van der Waals surface area contributed by atoms with Gasteiger partial charge in [-0.15, -0.1) is 0 Å². The minimum atomic E-state index is -0.579. The van der Waals surface area contributed by atoms with E-state index in [9.17, 15) is 9.59 Å². The number of nitrogens with zero attached hydrogens (tertiary/aromatic N) is 2. The molecular weight excluding hydrogens is 400 g/mol. The molecule has 2 atom stereocenters. The fraction of sp³-hybridized carbons (Fsp3) is 0.500. The van der Waals surface area contributed by atoms with Crippen molar-refractivity contribution >= 4 is 23.6 Å². The highest BCUT2D eigenvalue weighted by Gasteiger charge is 2.21. The molecule has 0 radical (unpaired) electrons. The highest BCUT2D eigenvalue weighted by atomic mass is 32.2. The van der Waals surface area contributed by atoms with Crippen LogP contribution in [0.4, 0.5) is 0 Å². The summed E-state index contributed by atoms with van der Waals surface area (Å²) in [5.74, 6) is 1.13. The Balaban J connectivity index is 1.82. The van der Waals surface area contributed by atoms with Gasteiger partial charge in [-0.25, -0.2) is 0 Å². The molecular formula is C22H32N4O3S. The first-order valence-electron chi connectivity index (χ1n) is 10.1. The van der Waals surface area contributed by atoms with Crippen molar-refractivity contribution in [2.24, 2.45) is 5.92 Å². The Kier molecular flexibility index (Phi) is 9.73. The van der Waals surface area contributed by atoms with Gasteiger partial charge < -0.3 is 15.4 Å². The summed E-state index contributed by atoms with van der Waals surface area (Å²) in [5, 5.41) is 10.2. The minimum absolute atomic E-state index is 0.124. The van der Waals surface area contributed by atoms with E-state index in [0.717, 1.165) is 23.7 Å². The average molecular weight is 433 g/mol. The first-order valence-corrected chi connectivity index (χ1v) is 11.5. The summed E-state index contributed by atoms with van der Waals surface area (Å²) >= 11 is 1.64. The summed E-state index contributed by atoms with van der Waals surface area (Å²) in [4.78, 5) is 25.0. The van der Waals surface area contributed by atoms with Crippen molar-refractivity contribution in [1.82, 2.24) is 20.4 Å². The number of para-hydroxylation sites is 1. The second kappa shape index (κ2) is 12.3. The average Bonchev–Trinajstić information content (AvgIpc) is 3.05. The SMILES string of the molecule is CSCCC(NC(=O)COc1ccccc1)C(=O)NCC(C)Cn1nc(C)cc1C. The van der Waals surface area contributed by atoms with Gasteiger partial charge in [0.25, 0.3) is 5.91 Å². The second-order valence-electron chi connectivity index (χ2n) is 7.46. The normalized spacial score (nSPS) is 12.8. The van der Waals surface area contributed by atoms with Gasteiger partial charge in [0.05, 0.1) is 5.69 Å². The molecule has 0 saturated carbocycles. The van der Waals surface area contributed by atoms with Crippen molar-refractivity contribution in [1.29, 1.82) is 0 Å². The smallest absolute Gasteiger partial charge is 0.258 e. The van der Waals surface area contributed by atoms with Crippen LogP contribution >= 0.6 is 11.8 Å². The third-order valence-corrected chi connectivity index (χ3v) is 5.23. The third-order valence-electron chi connectivity index (χ3n) is 4.59. The number of thioether (sulfide) groups is 1. The maximum atomic E-state index is 12.7. The minimum Gasteiger partial charge on any atom is -0.484 e. The molecule has 1 aromatic heterocycles. The molecule has 2 rings (SSSR count). The van der Waals surface area contributed by atoms with E-state index in [2.05, 4.69) is 22.7 Å². The van der Waals surface area contributed by atoms with Crippen molar-refractivity contribution in [3.05, 3.63) is 47.8 Å². The number of ether oxygens (including phenoxy) is 1. The van der Waals surface area contributed by atoms with Crippen molar-refractivity contribution < 1.29 is 14.3 Å². The molecule has 8 heteroatoms. The number of rotatable bonds is 12. The molecule has 2 amide bonds. The van der Waals surface area contributed by atoms with E-state index in [1.807, 2.05) is 49.1 Å². The Morgan fingerprint density at radius 2 is 1.97 bits per heavy atom. The number of carbonyl (C=O) groups excluding carboxylic acids is 2. The molecule has 1 aromatic carbocycles. The Labute approximate surface area is 182 Å². The lowest BCUT2D eigenvalue weighted by Crippen LogP contribution is -2.49. The summed E-state index contributed by atoms with van der Waals surface area (Å²) in [5.41, 5.74) is 2.09. The second-order valence-corrected chi connectivity index (χ2v) is 8.45. The van der Waals surface area contributed by atoms with Crippen molar-refractivity contribution in [2.45, 2.75) is 39.8 Å². The van der Waals surface area contributed by atoms with Crippen molar-refractivity contribution in [3.8, 4) is 5.75 Å². The summed E-state index contributed by atoms with van der Waals surface area (Å²) in [7, 11) is 0. The van der Waals surface area contributed by atoms with Gasteiger partial charge in [0.15, 0.2) is 6.61 Å². The molecule has 7 nitrogen and oxygen atoms in total. The van der Waals surface area contributed by atoms with Crippen LogP contribution in [-0.4, -0.2) is 52.8 Å². The number of amides is 2. The predicted molar refractivity (Wildman–Crippen MR) is 121 cm³/mol. The molecule has 0 spiro atoms. The monoisotopic (exact) mass is 432 g/mol. The number of aryl methyl sites for hydroxylation is 2. The van der Waals surface area contributed by atoms with Crippen LogP contribution in [0, 0.1) is 19.8 Å². The Morgan fingerprint density at radius 3 is 2.60 bits per heavy atom. The fourth-order valence-electron chi connectivity index (χ4n) is 3.02. The van der Waals surface area contributed by atoms with E-state index in [-0.39, 0.29) is 24.3 Å². The molecule has 2 N–H and O–H groups in total. The van der Waals surface area contributed by atoms with Crippen LogP contribution in [0.3, 0.4) is 0 Å². The fourth-order valence-corrected chi connectivity index (χ4v) is 3.50. The van der Waals surface area contributed by atoms with Gasteiger partial charge in [-0.3, -0.25) is 14.3 Å². The number of benzene rings is 1. The largest absolute Gasteiger partial charge is 0.484 e. The zero-order chi connectivity index (χ0) is 21.9. The number of hydrogen-bond donors (Lipinski definition) is 2. The van der Waals surface area contributed by atoms with Crippen LogP contribution in [0.25, 0.3) is 0 Å². The van der Waals surface area contributed by atoms with Crippen LogP contribution in [0.5, 0.6) is 5.75 Å². The number of carbonyl (C=O) groups is 2. The summed E-state index contributed by atoms with van der Waals surface area (Å²) < 4.78 is 7.43. The van der Waals surface area contributed by atoms with Crippen LogP contribution in [0.1, 0.15) is 24.7 Å². The molecule has 0 aliphatic heterocycles. The Bertz CT molecular complexity index is 810. The molecule has 2 aromatic rings. The Hall–Kier alpha value is -2.48. The third kappa shape index (κ3) is 8.10. The van der Waals surface area contributed by atoms with Gasteiger partial charge in [-0.05, 0) is 56.4 Å². The zero-order valence-corrected chi connectivity index (χ0v) is 19.0. The molecule has 30 heavy (non-hydrogen) atoms. The van der Waals surface area contributed by atoms with Gasteiger partial charge in [0.1, 0.15) is 11.8 Å². The number of hydrogen-bond acceptors (Lipinski definition) is 5. The maximum absolute atomic E-state index is 12.7. The van der Waals surface area contributed by atoms with Crippen LogP contribution in [0.15, 0.2) is 36.4 Å². The predicted octanol–water partition coefficient (Wildman–Crippen LogP) is 2.57. The molecule has 0 aliphatic rings. The first-order chi connectivity index (χ1) is 14.4. The van der Waals surface area contributed by atoms with Crippen LogP contribution < -0.4 is 15.4 Å². The zero-order valence-electron chi connectivity index (χ0n) is 18.2. The topological polar surface area (TPSA) is 85.2 Å². The molecule has 164 valence electrons. The molecule has 0 aliphatic carbocycles. The lowest BCUT2D eigenvalue weighted by atomic mass is 10.1.